The summed E-state index contributed by atoms with van der Waals surface area (Å²) >= 11 is 0. The van der Waals surface area contributed by atoms with Crippen LogP contribution in [0, 0.1) is 0 Å². The molecule has 0 atom stereocenters. The average Bonchev–Trinajstić information content (AvgIpc) is 3.97. The van der Waals surface area contributed by atoms with E-state index in [0.29, 0.717) is 17.5 Å². The molecule has 0 aliphatic heterocycles. The molecule has 0 fully saturated rings. The molecule has 0 aliphatic rings. The molecule has 0 saturated carbocycles. The summed E-state index contributed by atoms with van der Waals surface area (Å²) < 4.78 is 8.95. The SMILES string of the molecule is c1ccc(-c2ccc(-c3nc(-c4cccc(-c5ccccc5)c4)nc(-c4cc(-c5ccccc5)cc(-n5c6ccccc6c6ccc(-c7cccc8c7oc7ccccc78)cc65)c4)n3)cc2)cc1. The van der Waals surface area contributed by atoms with Crippen molar-refractivity contribution < 1.29 is 4.42 Å². The number of hydrogen-bond donors (Lipinski definition) is 0. The van der Waals surface area contributed by atoms with Crippen LogP contribution in [0.5, 0.6) is 0 Å². The molecule has 13 aromatic rings. The van der Waals surface area contributed by atoms with E-state index in [9.17, 15) is 0 Å². The Kier molecular flexibility index (Phi) is 9.43. The zero-order chi connectivity index (χ0) is 45.0. The maximum absolute atomic E-state index is 6.57. The Hall–Kier alpha value is -9.19. The molecule has 0 radical (unpaired) electrons. The van der Waals surface area contributed by atoms with Gasteiger partial charge in [0, 0.05) is 49.5 Å². The molecule has 0 unspecified atom stereocenters. The number of nitrogens with zero attached hydrogens (tertiary/aromatic N) is 4. The van der Waals surface area contributed by atoms with E-state index in [2.05, 4.69) is 223 Å². The Morgan fingerprint density at radius 3 is 1.51 bits per heavy atom. The van der Waals surface area contributed by atoms with E-state index in [1.807, 2.05) is 24.3 Å². The topological polar surface area (TPSA) is 56.7 Å². The Morgan fingerprint density at radius 2 is 0.765 bits per heavy atom. The molecule has 5 heteroatoms. The van der Waals surface area contributed by atoms with Crippen LogP contribution in [0.2, 0.25) is 0 Å². The van der Waals surface area contributed by atoms with Crippen molar-refractivity contribution in [2.45, 2.75) is 0 Å². The van der Waals surface area contributed by atoms with Crippen LogP contribution < -0.4 is 0 Å². The van der Waals surface area contributed by atoms with Crippen molar-refractivity contribution in [2.24, 2.45) is 0 Å². The van der Waals surface area contributed by atoms with Gasteiger partial charge in [0.05, 0.1) is 11.0 Å². The highest BCUT2D eigenvalue weighted by Gasteiger charge is 2.20. The van der Waals surface area contributed by atoms with Gasteiger partial charge < -0.3 is 8.98 Å². The van der Waals surface area contributed by atoms with Gasteiger partial charge in [-0.1, -0.05) is 200 Å². The van der Waals surface area contributed by atoms with E-state index >= 15 is 0 Å². The van der Waals surface area contributed by atoms with Crippen molar-refractivity contribution in [1.82, 2.24) is 19.5 Å². The first-order chi connectivity index (χ1) is 33.7. The highest BCUT2D eigenvalue weighted by Crippen LogP contribution is 2.41. The number of fused-ring (bicyclic) bond motifs is 6. The summed E-state index contributed by atoms with van der Waals surface area (Å²) in [6.07, 6.45) is 0. The minimum absolute atomic E-state index is 0.583. The maximum Gasteiger partial charge on any atom is 0.164 e. The molecule has 68 heavy (non-hydrogen) atoms. The Labute approximate surface area is 392 Å². The summed E-state index contributed by atoms with van der Waals surface area (Å²) in [6.45, 7) is 0. The summed E-state index contributed by atoms with van der Waals surface area (Å²) in [7, 11) is 0. The first-order valence-electron chi connectivity index (χ1n) is 22.9. The lowest BCUT2D eigenvalue weighted by Crippen LogP contribution is -2.02. The van der Waals surface area contributed by atoms with Crippen LogP contribution in [0.25, 0.3) is 128 Å². The second-order valence-electron chi connectivity index (χ2n) is 17.2. The van der Waals surface area contributed by atoms with Gasteiger partial charge in [-0.25, -0.2) is 15.0 Å². The summed E-state index contributed by atoms with van der Waals surface area (Å²) in [5.41, 5.74) is 16.4. The van der Waals surface area contributed by atoms with E-state index in [4.69, 9.17) is 19.4 Å². The predicted molar refractivity (Wildman–Crippen MR) is 279 cm³/mol. The van der Waals surface area contributed by atoms with Crippen LogP contribution >= 0.6 is 0 Å². The summed E-state index contributed by atoms with van der Waals surface area (Å²) in [6, 6.07) is 85.3. The number of aromatic nitrogens is 4. The van der Waals surface area contributed by atoms with Crippen LogP contribution in [-0.4, -0.2) is 19.5 Å². The lowest BCUT2D eigenvalue weighted by atomic mass is 10.00. The quantitative estimate of drug-likeness (QED) is 0.153. The molecule has 3 aromatic heterocycles. The van der Waals surface area contributed by atoms with Crippen LogP contribution in [0.3, 0.4) is 0 Å². The zero-order valence-electron chi connectivity index (χ0n) is 36.8. The van der Waals surface area contributed by atoms with Crippen molar-refractivity contribution in [2.75, 3.05) is 0 Å². The molecule has 3 heterocycles. The van der Waals surface area contributed by atoms with Crippen molar-refractivity contribution in [3.8, 4) is 84.4 Å². The normalized spacial score (nSPS) is 11.5. The highest BCUT2D eigenvalue weighted by atomic mass is 16.3. The van der Waals surface area contributed by atoms with E-state index in [1.54, 1.807) is 0 Å². The predicted octanol–water partition coefficient (Wildman–Crippen LogP) is 16.5. The third-order valence-corrected chi connectivity index (χ3v) is 13.0. The van der Waals surface area contributed by atoms with E-state index in [-0.39, 0.29) is 0 Å². The fourth-order valence-electron chi connectivity index (χ4n) is 9.73. The van der Waals surface area contributed by atoms with E-state index in [0.717, 1.165) is 105 Å². The minimum atomic E-state index is 0.583. The standard InChI is InChI=1S/C63H40N4O/c1-4-16-41(17-5-1)44-30-32-45(33-31-44)61-64-62(48-23-14-22-46(36-48)42-18-6-2-7-19-42)66-63(65-61)50-37-49(43-20-8-3-9-21-43)38-51(39-50)67-57-28-12-10-24-53(57)54-35-34-47(40-58(54)67)52-26-15-27-56-55-25-11-13-29-59(55)68-60(52)56/h1-40H. The van der Waals surface area contributed by atoms with Crippen LogP contribution in [-0.2, 0) is 0 Å². The van der Waals surface area contributed by atoms with E-state index < -0.39 is 0 Å². The van der Waals surface area contributed by atoms with Crippen molar-refractivity contribution in [1.29, 1.82) is 0 Å². The molecule has 13 rings (SSSR count). The van der Waals surface area contributed by atoms with Crippen LogP contribution in [0.15, 0.2) is 247 Å². The molecule has 0 saturated heterocycles. The van der Waals surface area contributed by atoms with Crippen molar-refractivity contribution >= 4 is 43.7 Å². The number of benzene rings is 10. The summed E-state index contributed by atoms with van der Waals surface area (Å²) in [5.74, 6) is 1.78. The van der Waals surface area contributed by atoms with Crippen molar-refractivity contribution in [3.63, 3.8) is 0 Å². The maximum atomic E-state index is 6.57. The summed E-state index contributed by atoms with van der Waals surface area (Å²) in [4.78, 5) is 15.9. The largest absolute Gasteiger partial charge is 0.455 e. The molecule has 0 N–H and O–H groups in total. The van der Waals surface area contributed by atoms with Gasteiger partial charge in [0.25, 0.3) is 0 Å². The molecular formula is C63H40N4O. The lowest BCUT2D eigenvalue weighted by Gasteiger charge is -2.15. The monoisotopic (exact) mass is 868 g/mol. The van der Waals surface area contributed by atoms with Gasteiger partial charge in [-0.15, -0.1) is 0 Å². The van der Waals surface area contributed by atoms with Crippen molar-refractivity contribution in [3.05, 3.63) is 243 Å². The molecule has 5 nitrogen and oxygen atoms in total. The zero-order valence-corrected chi connectivity index (χ0v) is 36.8. The molecular weight excluding hydrogens is 829 g/mol. The highest BCUT2D eigenvalue weighted by molar-refractivity contribution is 6.13. The Morgan fingerprint density at radius 1 is 0.279 bits per heavy atom. The third-order valence-electron chi connectivity index (χ3n) is 13.0. The number of para-hydroxylation sites is 3. The Bertz CT molecular complexity index is 4010. The second kappa shape index (κ2) is 16.4. The van der Waals surface area contributed by atoms with Gasteiger partial charge in [-0.05, 0) is 81.4 Å². The number of hydrogen-bond acceptors (Lipinski definition) is 4. The van der Waals surface area contributed by atoms with Gasteiger partial charge in [0.2, 0.25) is 0 Å². The first kappa shape index (κ1) is 39.2. The average molecular weight is 869 g/mol. The molecule has 0 spiro atoms. The molecule has 0 aliphatic carbocycles. The fourth-order valence-corrected chi connectivity index (χ4v) is 9.73. The van der Waals surface area contributed by atoms with Gasteiger partial charge in [-0.2, -0.15) is 0 Å². The molecule has 0 bridgehead atoms. The van der Waals surface area contributed by atoms with Gasteiger partial charge >= 0.3 is 0 Å². The summed E-state index contributed by atoms with van der Waals surface area (Å²) in [5, 5.41) is 4.55. The van der Waals surface area contributed by atoms with Crippen LogP contribution in [0.1, 0.15) is 0 Å². The van der Waals surface area contributed by atoms with Crippen LogP contribution in [0.4, 0.5) is 0 Å². The van der Waals surface area contributed by atoms with Gasteiger partial charge in [0.1, 0.15) is 11.2 Å². The lowest BCUT2D eigenvalue weighted by molar-refractivity contribution is 0.670. The third kappa shape index (κ3) is 6.93. The fraction of sp³-hybridized carbons (Fsp3) is 0. The smallest absolute Gasteiger partial charge is 0.164 e. The number of furan rings is 1. The van der Waals surface area contributed by atoms with E-state index in [1.165, 1.54) is 5.39 Å². The van der Waals surface area contributed by atoms with Gasteiger partial charge in [0.15, 0.2) is 17.5 Å². The molecule has 318 valence electrons. The Balaban J connectivity index is 1.03. The molecule has 0 amide bonds. The minimum Gasteiger partial charge on any atom is -0.455 e. The first-order valence-corrected chi connectivity index (χ1v) is 22.9. The second-order valence-corrected chi connectivity index (χ2v) is 17.2. The molecule has 10 aromatic carbocycles. The number of rotatable bonds is 8. The van der Waals surface area contributed by atoms with Gasteiger partial charge in [-0.3, -0.25) is 0 Å².